The fourth-order valence-corrected chi connectivity index (χ4v) is 16.8. The summed E-state index contributed by atoms with van der Waals surface area (Å²) in [5, 5.41) is 71.3. The molecule has 11 atom stereocenters. The maximum Gasteiger partial charge on any atom is 0.358 e. The van der Waals surface area contributed by atoms with Crippen LogP contribution in [0.5, 0.6) is 5.75 Å². The Morgan fingerprint density at radius 1 is 0.856 bits per heavy atom. The topological polar surface area (TPSA) is 460 Å². The molecule has 11 heterocycles. The number of benzene rings is 1. The molecule has 1 saturated heterocycles. The number of amides is 6. The number of nitrogens with zero attached hydrogens (tertiary/aromatic N) is 9. The third kappa shape index (κ3) is 15.3. The van der Waals surface area contributed by atoms with Crippen molar-refractivity contribution in [2.24, 2.45) is 5.73 Å². The molecule has 1 aromatic carbocycles. The number of methoxy groups -OCH3 is 1. The average Bonchev–Trinajstić information content (AvgIpc) is 1.56. The van der Waals surface area contributed by atoms with Crippen LogP contribution in [0, 0.1) is 0 Å². The minimum atomic E-state index is -1.92. The minimum Gasteiger partial charge on any atom is -0.506 e. The van der Waals surface area contributed by atoms with E-state index in [1.165, 1.54) is 60.0 Å². The summed E-state index contributed by atoms with van der Waals surface area (Å²) >= 11 is 4.52. The summed E-state index contributed by atoms with van der Waals surface area (Å²) in [5.74, 6) is -7.95. The van der Waals surface area contributed by atoms with Crippen LogP contribution in [0.1, 0.15) is 125 Å². The van der Waals surface area contributed by atoms with Crippen LogP contribution in [0.4, 0.5) is 0 Å². The number of rotatable bonds is 14. The number of carbonyl (C=O) groups is 8. The number of nitrogens with two attached hydrogens (primary N) is 1. The number of thiazole rings is 5. The molecule has 39 heteroatoms. The molecule has 0 saturated carbocycles. The number of ether oxygens (including phenoxy) is 6. The molecule has 12 N–H and O–H groups in total. The van der Waals surface area contributed by atoms with Gasteiger partial charge in [-0.15, -0.1) is 56.7 Å². The third-order valence-electron chi connectivity index (χ3n) is 17.6. The van der Waals surface area contributed by atoms with Crippen LogP contribution in [0.2, 0.25) is 0 Å². The molecule has 4 aliphatic rings. The molecule has 12 rings (SSSR count). The SMILES string of the molecule is CNCCN(C)CC(NC(=O)c1csc(-c2nc3c(cc2O)-c2nc(cs2)C(=O)N[C@@H]([C@@H](C)O)C(=O)N/C(=C(\C)OC)c2nc(cs2)C(=O)N[C@@H]2c4nc(cs4)C(=O)N[C@@H](COC(=O)c4c5c6c(cccc6n4O)COC(=O)[C@@H](O[C@H]4C[C@](C)(O)[C@H](N(C)C)[C@H](C)O4)[C@H]2OC5)c2nc-3cs2)n1)C(N)=O. The van der Waals surface area contributed by atoms with Crippen molar-refractivity contribution >= 4 is 121 Å². The maximum atomic E-state index is 15.2. The molecule has 6 amide bonds. The Balaban J connectivity index is 1.02. The van der Waals surface area contributed by atoms with Crippen molar-refractivity contribution in [3.05, 3.63) is 112 Å². The number of likely N-dealkylation sites (N-methyl/N-ethyl adjacent to an activating group) is 3. The lowest BCUT2D eigenvalue weighted by molar-refractivity contribution is -0.280. The fraction of sp³-hybridized carbons (Fsp3) is 0.415. The maximum absolute atomic E-state index is 15.2. The number of esters is 2. The average molecular weight is 1530 g/mol. The van der Waals surface area contributed by atoms with E-state index in [1.807, 2.05) is 0 Å². The Morgan fingerprint density at radius 2 is 1.53 bits per heavy atom. The predicted molar refractivity (Wildman–Crippen MR) is 376 cm³/mol. The number of aromatic hydroxyl groups is 1. The summed E-state index contributed by atoms with van der Waals surface area (Å²) in [6.07, 6.45) is -7.57. The summed E-state index contributed by atoms with van der Waals surface area (Å²) in [4.78, 5) is 148. The van der Waals surface area contributed by atoms with Crippen LogP contribution in [-0.4, -0.2) is 228 Å². The number of cyclic esters (lactones) is 2. The van der Waals surface area contributed by atoms with Gasteiger partial charge in [0.15, 0.2) is 18.1 Å². The van der Waals surface area contributed by atoms with Gasteiger partial charge in [0.2, 0.25) is 11.8 Å². The predicted octanol–water partition coefficient (Wildman–Crippen LogP) is 2.90. The van der Waals surface area contributed by atoms with Crippen LogP contribution in [0.15, 0.2) is 56.9 Å². The van der Waals surface area contributed by atoms with Crippen molar-refractivity contribution in [2.45, 2.75) is 114 Å². The Kier molecular flexibility index (Phi) is 22.0. The normalized spacial score (nSPS) is 23.7. The second-order valence-electron chi connectivity index (χ2n) is 25.3. The Morgan fingerprint density at radius 3 is 2.24 bits per heavy atom. The third-order valence-corrected chi connectivity index (χ3v) is 22.1. The highest BCUT2D eigenvalue weighted by molar-refractivity contribution is 7.14. The number of hydrogen-bond donors (Lipinski definition) is 11. The van der Waals surface area contributed by atoms with E-state index in [-0.39, 0.29) is 111 Å². The Hall–Kier alpha value is -9.36. The molecule has 4 aliphatic heterocycles. The number of aromatic nitrogens is 7. The number of aliphatic hydroxyl groups is 2. The quantitative estimate of drug-likeness (QED) is 0.0423. The summed E-state index contributed by atoms with van der Waals surface area (Å²) in [7, 11) is 8.37. The largest absolute Gasteiger partial charge is 0.506 e. The zero-order chi connectivity index (χ0) is 74.3. The summed E-state index contributed by atoms with van der Waals surface area (Å²) in [5.41, 5.74) is 2.97. The first-order valence-electron chi connectivity index (χ1n) is 32.2. The molecule has 104 heavy (non-hydrogen) atoms. The van der Waals surface area contributed by atoms with Gasteiger partial charge in [-0.05, 0) is 73.6 Å². The zero-order valence-electron chi connectivity index (χ0n) is 57.1. The number of carbonyl (C=O) groups excluding carboxylic acids is 8. The highest BCUT2D eigenvalue weighted by Crippen LogP contribution is 2.43. The standard InChI is InChI=1S/C65H72N16O18S5/c1-26(82)43-57(89)77-44(27(2)94-9)60-72-38(25-102-60)56(88)78-47-49-50(99-41-16-65(4,92)51(79(6)7)28(3)98-41)64(91)96-18-29-11-10-12-39-42(29)31(19-95-49)48(81(39)93)63(90)97-20-33(69-54(86)36-24-104-62(47)74-36)59-70-34(21-101-59)45-30(58-71-37(22-100-58)55(87)76-43)15-40(83)46(75-45)61-73-35(23-103-61)53(85)68-32(52(66)84)17-80(8)14-13-67-5/h10-12,15,21-26,28,32-33,41,43,47,49-51,67,82-83,92-93H,13-14,16-20H2,1-9H3,(H2,66,84)(H,68,85)(H,69,86)(H,76,87)(H,77,89)(H,78,88)/b44-27+/t26-,28+,32?,33+,41+,43+,47+,49+,50+,51-,65+/m1/s1. The van der Waals surface area contributed by atoms with E-state index < -0.39 is 145 Å². The number of aliphatic hydroxyl groups excluding tert-OH is 1. The van der Waals surface area contributed by atoms with Gasteiger partial charge in [-0.25, -0.2) is 39.5 Å². The zero-order valence-corrected chi connectivity index (χ0v) is 61.1. The van der Waals surface area contributed by atoms with Gasteiger partial charge in [0, 0.05) is 69.5 Å². The summed E-state index contributed by atoms with van der Waals surface area (Å²) in [6.45, 7) is 5.44. The molecule has 0 aliphatic carbocycles. The number of nitrogens with one attached hydrogen (secondary N) is 6. The van der Waals surface area contributed by atoms with E-state index in [4.69, 9.17) is 49.1 Å². The molecular formula is C65H72N16O18S5. The number of pyridine rings is 1. The number of allylic oxidation sites excluding steroid dienone is 1. The smallest absolute Gasteiger partial charge is 0.358 e. The van der Waals surface area contributed by atoms with Crippen LogP contribution in [0.3, 0.4) is 0 Å². The first-order chi connectivity index (χ1) is 49.6. The van der Waals surface area contributed by atoms with Gasteiger partial charge in [-0.3, -0.25) is 28.8 Å². The lowest BCUT2D eigenvalue weighted by atomic mass is 9.85. The molecule has 7 aromatic heterocycles. The van der Waals surface area contributed by atoms with Gasteiger partial charge in [-0.1, -0.05) is 12.1 Å². The van der Waals surface area contributed by atoms with Crippen LogP contribution in [0.25, 0.3) is 49.3 Å². The molecule has 8 aromatic rings. The van der Waals surface area contributed by atoms with Crippen LogP contribution in [-0.2, 0) is 56.0 Å². The van der Waals surface area contributed by atoms with E-state index in [1.54, 1.807) is 64.0 Å². The van der Waals surface area contributed by atoms with Gasteiger partial charge in [0.05, 0.1) is 43.1 Å². The van der Waals surface area contributed by atoms with Gasteiger partial charge < -0.3 is 96.4 Å². The summed E-state index contributed by atoms with van der Waals surface area (Å²) < 4.78 is 38.3. The highest BCUT2D eigenvalue weighted by Gasteiger charge is 2.50. The van der Waals surface area contributed by atoms with E-state index in [0.717, 1.165) is 56.7 Å². The minimum absolute atomic E-state index is 0.0113. The van der Waals surface area contributed by atoms with Crippen molar-refractivity contribution < 1.29 is 87.3 Å². The van der Waals surface area contributed by atoms with Crippen LogP contribution >= 0.6 is 56.7 Å². The highest BCUT2D eigenvalue weighted by atomic mass is 32.1. The number of fused-ring (bicyclic) bond motifs is 15. The molecule has 34 nitrogen and oxygen atoms in total. The molecule has 1 fully saturated rings. The molecule has 12 bridgehead atoms. The van der Waals surface area contributed by atoms with Gasteiger partial charge in [-0.2, -0.15) is 4.73 Å². The van der Waals surface area contributed by atoms with Gasteiger partial charge in [0.25, 0.3) is 23.6 Å². The van der Waals surface area contributed by atoms with Crippen LogP contribution < -0.4 is 37.6 Å². The van der Waals surface area contributed by atoms with Crippen molar-refractivity contribution in [1.82, 2.24) is 76.3 Å². The molecule has 1 unspecified atom stereocenters. The monoisotopic (exact) mass is 1520 g/mol. The molecular weight excluding hydrogens is 1450 g/mol. The van der Waals surface area contributed by atoms with Crippen molar-refractivity contribution in [3.8, 4) is 38.4 Å². The summed E-state index contributed by atoms with van der Waals surface area (Å²) in [6, 6.07) is -0.465. The number of primary amides is 1. The first kappa shape index (κ1) is 74.4. The van der Waals surface area contributed by atoms with E-state index in [0.29, 0.717) is 23.4 Å². The van der Waals surface area contributed by atoms with Crippen molar-refractivity contribution in [3.63, 3.8) is 0 Å². The Labute approximate surface area is 611 Å². The lowest BCUT2D eigenvalue weighted by Gasteiger charge is -2.48. The fourth-order valence-electron chi connectivity index (χ4n) is 12.6. The van der Waals surface area contributed by atoms with Gasteiger partial charge >= 0.3 is 11.9 Å². The second-order valence-corrected chi connectivity index (χ2v) is 29.7. The van der Waals surface area contributed by atoms with Crippen molar-refractivity contribution in [1.29, 1.82) is 0 Å². The second kappa shape index (κ2) is 30.8. The Bertz CT molecular complexity index is 4690. The number of hydrogen-bond acceptors (Lipinski definition) is 32. The molecule has 0 radical (unpaired) electrons. The van der Waals surface area contributed by atoms with E-state index in [2.05, 4.69) is 46.9 Å². The first-order valence-corrected chi connectivity index (χ1v) is 36.6. The lowest BCUT2D eigenvalue weighted by Crippen LogP contribution is -2.62. The molecule has 0 spiro atoms. The van der Waals surface area contributed by atoms with Gasteiger partial charge in [0.1, 0.15) is 126 Å². The van der Waals surface area contributed by atoms with Crippen molar-refractivity contribution in [2.75, 3.05) is 61.5 Å². The molecule has 550 valence electrons. The van der Waals surface area contributed by atoms with E-state index in [9.17, 15) is 39.7 Å². The van der Waals surface area contributed by atoms with E-state index >= 15 is 19.2 Å².